The lowest BCUT2D eigenvalue weighted by Gasteiger charge is -2.16. The molecule has 7 nitrogen and oxygen atoms in total. The van der Waals surface area contributed by atoms with Gasteiger partial charge in [0.15, 0.2) is 0 Å². The maximum atomic E-state index is 13.1. The minimum absolute atomic E-state index is 0.328. The van der Waals surface area contributed by atoms with Crippen LogP contribution in [0.4, 0.5) is 21.5 Å². The van der Waals surface area contributed by atoms with E-state index in [0.717, 1.165) is 0 Å². The van der Waals surface area contributed by atoms with Crippen LogP contribution in [-0.2, 0) is 4.79 Å². The van der Waals surface area contributed by atoms with E-state index in [4.69, 9.17) is 9.47 Å². The van der Waals surface area contributed by atoms with E-state index in [1.165, 1.54) is 24.4 Å². The smallest absolute Gasteiger partial charge is 0.247 e. The summed E-state index contributed by atoms with van der Waals surface area (Å²) >= 11 is 0. The molecule has 8 heteroatoms. The van der Waals surface area contributed by atoms with Gasteiger partial charge in [0.25, 0.3) is 0 Å². The van der Waals surface area contributed by atoms with E-state index in [1.807, 2.05) is 6.92 Å². The Bertz CT molecular complexity index is 1430. The van der Waals surface area contributed by atoms with Crippen molar-refractivity contribution in [3.63, 3.8) is 0 Å². The maximum Gasteiger partial charge on any atom is 0.247 e. The highest BCUT2D eigenvalue weighted by Gasteiger charge is 2.15. The number of hydrogen-bond donors (Lipinski definition) is 2. The van der Waals surface area contributed by atoms with Crippen LogP contribution in [0.15, 0.2) is 79.5 Å². The molecule has 0 saturated carbocycles. The summed E-state index contributed by atoms with van der Waals surface area (Å²) in [6, 6.07) is 18.4. The first kappa shape index (κ1) is 23.3. The number of benzene rings is 3. The molecule has 4 rings (SSSR count). The average molecular weight is 468 g/mol. The highest BCUT2D eigenvalue weighted by atomic mass is 19.1. The zero-order valence-corrected chi connectivity index (χ0v) is 18.8. The van der Waals surface area contributed by atoms with Crippen molar-refractivity contribution in [3.8, 4) is 23.3 Å². The van der Waals surface area contributed by atoms with E-state index in [1.54, 1.807) is 48.5 Å². The van der Waals surface area contributed by atoms with Crippen molar-refractivity contribution in [2.24, 2.45) is 0 Å². The Morgan fingerprint density at radius 2 is 1.83 bits per heavy atom. The predicted molar refractivity (Wildman–Crippen MR) is 133 cm³/mol. The van der Waals surface area contributed by atoms with Crippen LogP contribution in [-0.4, -0.2) is 17.5 Å². The first-order chi connectivity index (χ1) is 17.0. The molecule has 35 heavy (non-hydrogen) atoms. The molecular formula is C27H21FN4O3. The number of hydrogen-bond acceptors (Lipinski definition) is 6. The van der Waals surface area contributed by atoms with Gasteiger partial charge in [-0.2, -0.15) is 5.26 Å². The number of rotatable bonds is 8. The Hall–Kier alpha value is -4.90. The summed E-state index contributed by atoms with van der Waals surface area (Å²) in [5.41, 5.74) is 2.58. The van der Waals surface area contributed by atoms with Crippen LogP contribution < -0.4 is 20.1 Å². The lowest BCUT2D eigenvalue weighted by atomic mass is 10.1. The molecule has 4 aromatic rings. The van der Waals surface area contributed by atoms with Crippen molar-refractivity contribution in [2.45, 2.75) is 6.92 Å². The van der Waals surface area contributed by atoms with E-state index in [0.29, 0.717) is 57.4 Å². The summed E-state index contributed by atoms with van der Waals surface area (Å²) in [6.45, 7) is 5.72. The van der Waals surface area contributed by atoms with Gasteiger partial charge in [-0.3, -0.25) is 9.78 Å². The summed E-state index contributed by atoms with van der Waals surface area (Å²) in [4.78, 5) is 16.3. The number of carbonyl (C=O) groups is 1. The number of carbonyl (C=O) groups excluding carboxylic acids is 1. The molecular weight excluding hydrogens is 447 g/mol. The molecule has 0 fully saturated rings. The largest absolute Gasteiger partial charge is 0.492 e. The van der Waals surface area contributed by atoms with Gasteiger partial charge >= 0.3 is 0 Å². The molecule has 0 radical (unpaired) electrons. The van der Waals surface area contributed by atoms with Crippen LogP contribution in [0.3, 0.4) is 0 Å². The summed E-state index contributed by atoms with van der Waals surface area (Å²) in [7, 11) is 0. The lowest BCUT2D eigenvalue weighted by molar-refractivity contribution is -0.111. The third-order valence-corrected chi connectivity index (χ3v) is 5.01. The number of anilines is 3. The molecule has 0 bridgehead atoms. The maximum absolute atomic E-state index is 13.1. The van der Waals surface area contributed by atoms with Gasteiger partial charge in [0.2, 0.25) is 5.91 Å². The van der Waals surface area contributed by atoms with Gasteiger partial charge in [0.1, 0.15) is 29.1 Å². The van der Waals surface area contributed by atoms with Gasteiger partial charge < -0.3 is 20.1 Å². The fourth-order valence-corrected chi connectivity index (χ4v) is 3.39. The van der Waals surface area contributed by atoms with E-state index < -0.39 is 0 Å². The van der Waals surface area contributed by atoms with Gasteiger partial charge in [-0.25, -0.2) is 4.39 Å². The van der Waals surface area contributed by atoms with Crippen LogP contribution in [0.2, 0.25) is 0 Å². The molecule has 0 aliphatic carbocycles. The van der Waals surface area contributed by atoms with Crippen LogP contribution >= 0.6 is 0 Å². The minimum atomic E-state index is -0.388. The number of halogens is 1. The Morgan fingerprint density at radius 3 is 2.46 bits per heavy atom. The Morgan fingerprint density at radius 1 is 1.14 bits per heavy atom. The first-order valence-corrected chi connectivity index (χ1v) is 10.7. The zero-order chi connectivity index (χ0) is 24.8. The SMILES string of the molecule is C=CC(=O)Nc1cc2c(Nc3ccc(Oc4ccc(F)cc4)cc3)c(C#N)cnc2cc1OCC. The second-order valence-corrected chi connectivity index (χ2v) is 7.36. The summed E-state index contributed by atoms with van der Waals surface area (Å²) < 4.78 is 24.5. The fourth-order valence-electron chi connectivity index (χ4n) is 3.39. The Labute approximate surface area is 201 Å². The molecule has 0 unspecified atom stereocenters. The number of amides is 1. The van der Waals surface area contributed by atoms with Gasteiger partial charge in [0, 0.05) is 23.3 Å². The van der Waals surface area contributed by atoms with Gasteiger partial charge in [-0.15, -0.1) is 0 Å². The summed E-state index contributed by atoms with van der Waals surface area (Å²) in [6.07, 6.45) is 2.65. The molecule has 3 aromatic carbocycles. The molecule has 2 N–H and O–H groups in total. The van der Waals surface area contributed by atoms with Gasteiger partial charge in [-0.1, -0.05) is 6.58 Å². The van der Waals surface area contributed by atoms with Crippen LogP contribution in [0.25, 0.3) is 10.9 Å². The quantitative estimate of drug-likeness (QED) is 0.294. The monoisotopic (exact) mass is 468 g/mol. The van der Waals surface area contributed by atoms with Crippen molar-refractivity contribution >= 4 is 33.9 Å². The van der Waals surface area contributed by atoms with Crippen molar-refractivity contribution in [1.82, 2.24) is 4.98 Å². The number of ether oxygens (including phenoxy) is 2. The summed E-state index contributed by atoms with van der Waals surface area (Å²) in [5, 5.41) is 16.3. The van der Waals surface area contributed by atoms with Crippen LogP contribution in [0, 0.1) is 17.1 Å². The van der Waals surface area contributed by atoms with E-state index >= 15 is 0 Å². The van der Waals surface area contributed by atoms with E-state index in [9.17, 15) is 14.4 Å². The van der Waals surface area contributed by atoms with Crippen LogP contribution in [0.1, 0.15) is 12.5 Å². The molecule has 1 aromatic heterocycles. The van der Waals surface area contributed by atoms with Crippen molar-refractivity contribution in [2.75, 3.05) is 17.2 Å². The zero-order valence-electron chi connectivity index (χ0n) is 18.8. The van der Waals surface area contributed by atoms with Gasteiger partial charge in [0.05, 0.1) is 29.1 Å². The Kier molecular flexibility index (Phi) is 6.88. The number of aromatic nitrogens is 1. The minimum Gasteiger partial charge on any atom is -0.492 e. The number of nitrogens with one attached hydrogen (secondary N) is 2. The van der Waals surface area contributed by atoms with Gasteiger partial charge in [-0.05, 0) is 67.6 Å². The second-order valence-electron chi connectivity index (χ2n) is 7.36. The molecule has 1 amide bonds. The van der Waals surface area contributed by atoms with E-state index in [2.05, 4.69) is 28.3 Å². The number of fused-ring (bicyclic) bond motifs is 1. The number of nitrogens with zero attached hydrogens (tertiary/aromatic N) is 2. The van der Waals surface area contributed by atoms with E-state index in [-0.39, 0.29) is 11.7 Å². The Balaban J connectivity index is 1.68. The molecule has 0 atom stereocenters. The predicted octanol–water partition coefficient (Wildman–Crippen LogP) is 6.30. The topological polar surface area (TPSA) is 96.3 Å². The molecule has 174 valence electrons. The highest BCUT2D eigenvalue weighted by Crippen LogP contribution is 2.36. The average Bonchev–Trinajstić information content (AvgIpc) is 2.87. The molecule has 0 spiro atoms. The molecule has 0 aliphatic heterocycles. The normalized spacial score (nSPS) is 10.3. The van der Waals surface area contributed by atoms with Crippen molar-refractivity contribution in [3.05, 3.63) is 90.9 Å². The molecule has 0 aliphatic rings. The first-order valence-electron chi connectivity index (χ1n) is 10.7. The number of pyridine rings is 1. The molecule has 1 heterocycles. The van der Waals surface area contributed by atoms with Crippen LogP contribution in [0.5, 0.6) is 17.2 Å². The van der Waals surface area contributed by atoms with Crippen molar-refractivity contribution < 1.29 is 18.7 Å². The van der Waals surface area contributed by atoms with Crippen molar-refractivity contribution in [1.29, 1.82) is 5.26 Å². The molecule has 0 saturated heterocycles. The fraction of sp³-hybridized carbons (Fsp3) is 0.0741. The second kappa shape index (κ2) is 10.4. The lowest BCUT2D eigenvalue weighted by Crippen LogP contribution is -2.09. The third-order valence-electron chi connectivity index (χ3n) is 5.01. The highest BCUT2D eigenvalue weighted by molar-refractivity contribution is 6.04. The number of nitriles is 1. The third kappa shape index (κ3) is 5.37. The standard InChI is InChI=1S/C27H21FN4O3/c1-3-26(33)32-24-13-22-23(14-25(24)34-4-2)30-16-17(15-29)27(22)31-19-7-11-21(12-8-19)35-20-9-5-18(28)6-10-20/h3,5-14,16H,1,4H2,2H3,(H,30,31)(H,32,33). The summed E-state index contributed by atoms with van der Waals surface area (Å²) in [5.74, 6) is 0.813.